The van der Waals surface area contributed by atoms with Crippen molar-refractivity contribution in [2.75, 3.05) is 34.2 Å². The first-order chi connectivity index (χ1) is 16.0. The molecular formula is C26H36F2N4O2. The first-order valence-corrected chi connectivity index (χ1v) is 12.0. The molecule has 2 fully saturated rings. The standard InChI is InChI=1S/C26H36F2N4O2/c1-16(2)18-10-12-26(3,25(34)32-13-11-17(15-32)24(33)31(5)6)19(18)14-22(30-29-4)23-20(27)8-7-9-21(23)28/h7-9,14,16-19H,10-13,15H2,1-6H3/b22-14-,30-29-/t17?,18-,19?,26-/m0/s1. The molecule has 1 saturated carbocycles. The van der Waals surface area contributed by atoms with Crippen molar-refractivity contribution in [3.05, 3.63) is 41.5 Å². The largest absolute Gasteiger partial charge is 0.349 e. The molecule has 4 atom stereocenters. The molecule has 0 spiro atoms. The van der Waals surface area contributed by atoms with Gasteiger partial charge in [-0.1, -0.05) is 32.9 Å². The number of hydrogen-bond donors (Lipinski definition) is 0. The van der Waals surface area contributed by atoms with Crippen LogP contribution in [0.4, 0.5) is 8.78 Å². The number of azo groups is 1. The summed E-state index contributed by atoms with van der Waals surface area (Å²) in [7, 11) is 4.91. The highest BCUT2D eigenvalue weighted by molar-refractivity contribution is 5.86. The molecule has 0 radical (unpaired) electrons. The number of carbonyl (C=O) groups excluding carboxylic acids is 2. The van der Waals surface area contributed by atoms with Crippen LogP contribution >= 0.6 is 0 Å². The second-order valence-electron chi connectivity index (χ2n) is 10.3. The molecule has 2 amide bonds. The van der Waals surface area contributed by atoms with E-state index in [4.69, 9.17) is 0 Å². The normalized spacial score (nSPS) is 27.7. The van der Waals surface area contributed by atoms with Gasteiger partial charge in [0.05, 0.1) is 22.6 Å². The minimum absolute atomic E-state index is 0.00671. The lowest BCUT2D eigenvalue weighted by atomic mass is 9.72. The predicted octanol–water partition coefficient (Wildman–Crippen LogP) is 5.01. The second-order valence-corrected chi connectivity index (χ2v) is 10.3. The maximum absolute atomic E-state index is 14.6. The number of allylic oxidation sites excluding steroid dienone is 1. The van der Waals surface area contributed by atoms with Crippen LogP contribution < -0.4 is 0 Å². The Kier molecular flexibility index (Phi) is 7.88. The quantitative estimate of drug-likeness (QED) is 0.544. The lowest BCUT2D eigenvalue weighted by molar-refractivity contribution is -0.142. The number of rotatable bonds is 6. The average molecular weight is 475 g/mol. The number of halogens is 2. The van der Waals surface area contributed by atoms with Gasteiger partial charge in [-0.15, -0.1) is 0 Å². The van der Waals surface area contributed by atoms with Crippen molar-refractivity contribution < 1.29 is 18.4 Å². The summed E-state index contributed by atoms with van der Waals surface area (Å²) < 4.78 is 29.3. The number of carbonyl (C=O) groups is 2. The molecule has 1 aliphatic heterocycles. The van der Waals surface area contributed by atoms with Crippen molar-refractivity contribution >= 4 is 17.5 Å². The van der Waals surface area contributed by atoms with E-state index in [1.807, 2.05) is 6.92 Å². The Morgan fingerprint density at radius 2 is 1.85 bits per heavy atom. The summed E-state index contributed by atoms with van der Waals surface area (Å²) in [6, 6.07) is 3.71. The summed E-state index contributed by atoms with van der Waals surface area (Å²) in [6.07, 6.45) is 3.88. The van der Waals surface area contributed by atoms with E-state index in [0.29, 0.717) is 25.9 Å². The minimum atomic E-state index is -0.763. The fraction of sp³-hybridized carbons (Fsp3) is 0.615. The van der Waals surface area contributed by atoms with Crippen LogP contribution in [-0.2, 0) is 9.59 Å². The van der Waals surface area contributed by atoms with Crippen LogP contribution in [0.25, 0.3) is 5.70 Å². The van der Waals surface area contributed by atoms with Crippen molar-refractivity contribution in [2.24, 2.45) is 39.3 Å². The zero-order valence-corrected chi connectivity index (χ0v) is 21.0. The Morgan fingerprint density at radius 3 is 2.41 bits per heavy atom. The van der Waals surface area contributed by atoms with Gasteiger partial charge in [-0.05, 0) is 49.1 Å². The SMILES string of the molecule is C/N=N\C(=C/C1[C@H](C(C)C)CC[C@]1(C)C(=O)N1CCC(C(=O)N(C)C)C1)c1c(F)cccc1F. The fourth-order valence-corrected chi connectivity index (χ4v) is 5.65. The third-order valence-corrected chi connectivity index (χ3v) is 7.57. The van der Waals surface area contributed by atoms with E-state index in [9.17, 15) is 18.4 Å². The van der Waals surface area contributed by atoms with Crippen LogP contribution in [0.2, 0.25) is 0 Å². The smallest absolute Gasteiger partial charge is 0.229 e. The van der Waals surface area contributed by atoms with Gasteiger partial charge in [0.2, 0.25) is 11.8 Å². The van der Waals surface area contributed by atoms with Crippen molar-refractivity contribution in [1.82, 2.24) is 9.80 Å². The van der Waals surface area contributed by atoms with Crippen LogP contribution in [0.3, 0.4) is 0 Å². The predicted molar refractivity (Wildman–Crippen MR) is 128 cm³/mol. The summed E-state index contributed by atoms with van der Waals surface area (Å²) in [5, 5.41) is 7.89. The van der Waals surface area contributed by atoms with Crippen molar-refractivity contribution in [2.45, 2.75) is 40.0 Å². The first-order valence-electron chi connectivity index (χ1n) is 12.0. The van der Waals surface area contributed by atoms with Gasteiger partial charge in [0, 0.05) is 34.2 Å². The molecule has 0 bridgehead atoms. The fourth-order valence-electron chi connectivity index (χ4n) is 5.65. The van der Waals surface area contributed by atoms with Crippen molar-refractivity contribution in [3.8, 4) is 0 Å². The zero-order chi connectivity index (χ0) is 25.2. The molecule has 3 rings (SSSR count). The molecule has 1 heterocycles. The van der Waals surface area contributed by atoms with E-state index in [1.54, 1.807) is 30.0 Å². The molecule has 1 saturated heterocycles. The van der Waals surface area contributed by atoms with Gasteiger partial charge in [-0.2, -0.15) is 10.2 Å². The number of hydrogen-bond acceptors (Lipinski definition) is 4. The highest BCUT2D eigenvalue weighted by Gasteiger charge is 2.52. The van der Waals surface area contributed by atoms with Gasteiger partial charge < -0.3 is 9.80 Å². The molecule has 2 unspecified atom stereocenters. The summed E-state index contributed by atoms with van der Waals surface area (Å²) in [6.45, 7) is 7.09. The van der Waals surface area contributed by atoms with Gasteiger partial charge in [-0.25, -0.2) is 8.78 Å². The third kappa shape index (κ3) is 4.91. The van der Waals surface area contributed by atoms with Crippen LogP contribution in [0, 0.1) is 40.7 Å². The van der Waals surface area contributed by atoms with E-state index < -0.39 is 17.0 Å². The topological polar surface area (TPSA) is 65.3 Å². The van der Waals surface area contributed by atoms with E-state index in [-0.39, 0.29) is 46.7 Å². The molecule has 186 valence electrons. The van der Waals surface area contributed by atoms with E-state index in [2.05, 4.69) is 24.1 Å². The summed E-state index contributed by atoms with van der Waals surface area (Å²) in [5.74, 6) is -1.46. The van der Waals surface area contributed by atoms with Crippen LogP contribution in [0.1, 0.15) is 45.6 Å². The lowest BCUT2D eigenvalue weighted by Gasteiger charge is -2.36. The molecule has 34 heavy (non-hydrogen) atoms. The van der Waals surface area contributed by atoms with Gasteiger partial charge >= 0.3 is 0 Å². The molecule has 1 aromatic rings. The van der Waals surface area contributed by atoms with Crippen molar-refractivity contribution in [1.29, 1.82) is 0 Å². The van der Waals surface area contributed by atoms with Gasteiger partial charge in [0.25, 0.3) is 0 Å². The lowest BCUT2D eigenvalue weighted by Crippen LogP contribution is -2.45. The van der Waals surface area contributed by atoms with E-state index in [1.165, 1.54) is 25.2 Å². The maximum Gasteiger partial charge on any atom is 0.229 e. The molecule has 0 aromatic heterocycles. The Hall–Kier alpha value is -2.64. The number of benzene rings is 1. The Labute approximate surface area is 201 Å². The summed E-state index contributed by atoms with van der Waals surface area (Å²) >= 11 is 0. The highest BCUT2D eigenvalue weighted by atomic mass is 19.1. The maximum atomic E-state index is 14.6. The van der Waals surface area contributed by atoms with Gasteiger partial charge in [-0.3, -0.25) is 9.59 Å². The Bertz CT molecular complexity index is 971. The minimum Gasteiger partial charge on any atom is -0.349 e. The molecule has 0 N–H and O–H groups in total. The van der Waals surface area contributed by atoms with Crippen LogP contribution in [-0.4, -0.2) is 55.8 Å². The Balaban J connectivity index is 2.00. The Morgan fingerprint density at radius 1 is 1.21 bits per heavy atom. The first kappa shape index (κ1) is 26.0. The monoisotopic (exact) mass is 474 g/mol. The van der Waals surface area contributed by atoms with Crippen LogP contribution in [0.15, 0.2) is 34.5 Å². The van der Waals surface area contributed by atoms with E-state index in [0.717, 1.165) is 6.42 Å². The van der Waals surface area contributed by atoms with E-state index >= 15 is 0 Å². The summed E-state index contributed by atoms with van der Waals surface area (Å²) in [5.41, 5.74) is -0.881. The molecule has 8 heteroatoms. The average Bonchev–Trinajstić information content (AvgIpc) is 3.39. The summed E-state index contributed by atoms with van der Waals surface area (Å²) in [4.78, 5) is 29.7. The number of likely N-dealkylation sites (tertiary alicyclic amines) is 1. The molecule has 2 aliphatic rings. The van der Waals surface area contributed by atoms with Crippen molar-refractivity contribution in [3.63, 3.8) is 0 Å². The van der Waals surface area contributed by atoms with Crippen LogP contribution in [0.5, 0.6) is 0 Å². The third-order valence-electron chi connectivity index (χ3n) is 7.57. The molecule has 1 aromatic carbocycles. The van der Waals surface area contributed by atoms with Gasteiger partial charge in [0.15, 0.2) is 0 Å². The molecule has 1 aliphatic carbocycles. The number of amides is 2. The zero-order valence-electron chi connectivity index (χ0n) is 21.0. The second kappa shape index (κ2) is 10.3. The number of nitrogens with zero attached hydrogens (tertiary/aromatic N) is 4. The molecule has 6 nitrogen and oxygen atoms in total. The highest BCUT2D eigenvalue weighted by Crippen LogP contribution is 2.52. The van der Waals surface area contributed by atoms with Gasteiger partial charge in [0.1, 0.15) is 11.6 Å². The molecular weight excluding hydrogens is 438 g/mol.